The largest absolute Gasteiger partial charge is 0.308 e. The molecule has 2 heterocycles. The fourth-order valence-corrected chi connectivity index (χ4v) is 4.59. The lowest BCUT2D eigenvalue weighted by Gasteiger charge is -2.15. The molecular weight excluding hydrogens is 288 g/mol. The summed E-state index contributed by atoms with van der Waals surface area (Å²) in [6, 6.07) is 9.94. The standard InChI is InChI=1S/C16H19ClN2S/c17-16-13-3-1-2-4-14(13)20-15(16)9-18-11-7-8-19(10-11)12-5-6-12/h1-4,11-12,18H,5-10H2/t11-/m1/s1. The zero-order valence-electron chi connectivity index (χ0n) is 11.4. The van der Waals surface area contributed by atoms with Crippen molar-refractivity contribution in [2.24, 2.45) is 0 Å². The van der Waals surface area contributed by atoms with Crippen LogP contribution in [-0.4, -0.2) is 30.1 Å². The summed E-state index contributed by atoms with van der Waals surface area (Å²) in [5, 5.41) is 5.83. The molecule has 0 bridgehead atoms. The molecule has 0 radical (unpaired) electrons. The van der Waals surface area contributed by atoms with Crippen LogP contribution in [0.25, 0.3) is 10.1 Å². The maximum atomic E-state index is 6.49. The molecule has 1 aliphatic heterocycles. The normalized spacial score (nSPS) is 23.8. The third-order valence-corrected chi connectivity index (χ3v) is 6.15. The lowest BCUT2D eigenvalue weighted by molar-refractivity contribution is 0.317. The molecule has 0 amide bonds. The Morgan fingerprint density at radius 3 is 2.90 bits per heavy atom. The fourth-order valence-electron chi connectivity index (χ4n) is 3.14. The number of hydrogen-bond donors (Lipinski definition) is 1. The second kappa shape index (κ2) is 5.30. The number of hydrogen-bond acceptors (Lipinski definition) is 3. The van der Waals surface area contributed by atoms with Crippen molar-refractivity contribution in [3.8, 4) is 0 Å². The molecular formula is C16H19ClN2S. The highest BCUT2D eigenvalue weighted by Gasteiger charge is 2.34. The topological polar surface area (TPSA) is 15.3 Å². The van der Waals surface area contributed by atoms with E-state index in [0.717, 1.165) is 17.6 Å². The highest BCUT2D eigenvalue weighted by atomic mass is 35.5. The Bertz CT molecular complexity index is 620. The first-order valence-electron chi connectivity index (χ1n) is 7.44. The van der Waals surface area contributed by atoms with Gasteiger partial charge in [-0.05, 0) is 25.3 Å². The first-order valence-corrected chi connectivity index (χ1v) is 8.64. The van der Waals surface area contributed by atoms with Crippen LogP contribution in [0.2, 0.25) is 5.02 Å². The number of nitrogens with zero attached hydrogens (tertiary/aromatic N) is 1. The highest BCUT2D eigenvalue weighted by Crippen LogP contribution is 2.35. The van der Waals surface area contributed by atoms with E-state index in [1.807, 2.05) is 11.3 Å². The molecule has 1 N–H and O–H groups in total. The number of rotatable bonds is 4. The van der Waals surface area contributed by atoms with Crippen LogP contribution in [0, 0.1) is 0 Å². The molecule has 2 aliphatic rings. The van der Waals surface area contributed by atoms with Gasteiger partial charge in [-0.2, -0.15) is 0 Å². The van der Waals surface area contributed by atoms with Gasteiger partial charge < -0.3 is 5.32 Å². The van der Waals surface area contributed by atoms with Crippen LogP contribution in [0.15, 0.2) is 24.3 Å². The Kier molecular flexibility index (Phi) is 3.47. The average Bonchev–Trinajstić information content (AvgIpc) is 3.13. The van der Waals surface area contributed by atoms with Gasteiger partial charge in [-0.1, -0.05) is 29.8 Å². The van der Waals surface area contributed by atoms with E-state index in [4.69, 9.17) is 11.6 Å². The second-order valence-corrected chi connectivity index (χ2v) is 7.44. The summed E-state index contributed by atoms with van der Waals surface area (Å²) in [6.07, 6.45) is 4.10. The Balaban J connectivity index is 1.42. The second-order valence-electron chi connectivity index (χ2n) is 5.93. The van der Waals surface area contributed by atoms with Crippen LogP contribution in [0.4, 0.5) is 0 Å². The average molecular weight is 307 g/mol. The van der Waals surface area contributed by atoms with Gasteiger partial charge in [0.15, 0.2) is 0 Å². The molecule has 0 unspecified atom stereocenters. The Labute approximate surface area is 128 Å². The van der Waals surface area contributed by atoms with Gasteiger partial charge in [-0.3, -0.25) is 4.90 Å². The van der Waals surface area contributed by atoms with Gasteiger partial charge in [-0.25, -0.2) is 0 Å². The van der Waals surface area contributed by atoms with Crippen LogP contribution in [0.5, 0.6) is 0 Å². The molecule has 1 saturated heterocycles. The Hall–Kier alpha value is -0.610. The number of fused-ring (bicyclic) bond motifs is 1. The van der Waals surface area contributed by atoms with Crippen LogP contribution in [0.1, 0.15) is 24.1 Å². The quantitative estimate of drug-likeness (QED) is 0.922. The molecule has 4 heteroatoms. The third-order valence-electron chi connectivity index (χ3n) is 4.44. The maximum absolute atomic E-state index is 6.49. The maximum Gasteiger partial charge on any atom is 0.0636 e. The first kappa shape index (κ1) is 13.1. The first-order chi connectivity index (χ1) is 9.81. The molecule has 0 spiro atoms. The summed E-state index contributed by atoms with van der Waals surface area (Å²) in [5.41, 5.74) is 0. The molecule has 1 aromatic carbocycles. The molecule has 2 fully saturated rings. The summed E-state index contributed by atoms with van der Waals surface area (Å²) in [4.78, 5) is 3.92. The molecule has 106 valence electrons. The fraction of sp³-hybridized carbons (Fsp3) is 0.500. The van der Waals surface area contributed by atoms with Crippen LogP contribution in [-0.2, 0) is 6.54 Å². The van der Waals surface area contributed by atoms with Crippen molar-refractivity contribution in [2.45, 2.75) is 37.9 Å². The molecule has 1 saturated carbocycles. The van der Waals surface area contributed by atoms with Gasteiger partial charge in [-0.15, -0.1) is 11.3 Å². The SMILES string of the molecule is Clc1c(CN[C@@H]2CCN(C3CC3)C2)sc2ccccc12. The molecule has 1 aromatic heterocycles. The van der Waals surface area contributed by atoms with E-state index in [0.29, 0.717) is 6.04 Å². The van der Waals surface area contributed by atoms with E-state index in [2.05, 4.69) is 34.5 Å². The van der Waals surface area contributed by atoms with E-state index < -0.39 is 0 Å². The number of benzene rings is 1. The van der Waals surface area contributed by atoms with E-state index >= 15 is 0 Å². The van der Waals surface area contributed by atoms with Gasteiger partial charge in [0.1, 0.15) is 0 Å². The number of nitrogens with one attached hydrogen (secondary N) is 1. The van der Waals surface area contributed by atoms with Crippen LogP contribution < -0.4 is 5.32 Å². The summed E-state index contributed by atoms with van der Waals surface area (Å²) in [6.45, 7) is 3.39. The predicted molar refractivity (Wildman–Crippen MR) is 86.7 cm³/mol. The van der Waals surface area contributed by atoms with E-state index in [-0.39, 0.29) is 0 Å². The smallest absolute Gasteiger partial charge is 0.0636 e. The van der Waals surface area contributed by atoms with E-state index in [1.165, 1.54) is 47.3 Å². The third kappa shape index (κ3) is 2.48. The van der Waals surface area contributed by atoms with Crippen molar-refractivity contribution in [1.29, 1.82) is 0 Å². The van der Waals surface area contributed by atoms with Crippen molar-refractivity contribution < 1.29 is 0 Å². The van der Waals surface area contributed by atoms with Crippen molar-refractivity contribution in [2.75, 3.05) is 13.1 Å². The van der Waals surface area contributed by atoms with E-state index in [9.17, 15) is 0 Å². The Morgan fingerprint density at radius 2 is 2.10 bits per heavy atom. The molecule has 1 atom stereocenters. The molecule has 1 aliphatic carbocycles. The molecule has 4 rings (SSSR count). The van der Waals surface area contributed by atoms with Crippen molar-refractivity contribution in [3.05, 3.63) is 34.2 Å². The minimum Gasteiger partial charge on any atom is -0.308 e. The lowest BCUT2D eigenvalue weighted by atomic mass is 10.2. The predicted octanol–water partition coefficient (Wildman–Crippen LogP) is 3.88. The van der Waals surface area contributed by atoms with Gasteiger partial charge in [0.25, 0.3) is 0 Å². The van der Waals surface area contributed by atoms with Gasteiger partial charge in [0.2, 0.25) is 0 Å². The molecule has 2 nitrogen and oxygen atoms in total. The van der Waals surface area contributed by atoms with Crippen LogP contribution in [0.3, 0.4) is 0 Å². The number of thiophene rings is 1. The molecule has 2 aromatic rings. The van der Waals surface area contributed by atoms with E-state index in [1.54, 1.807) is 0 Å². The van der Waals surface area contributed by atoms with Gasteiger partial charge >= 0.3 is 0 Å². The number of likely N-dealkylation sites (tertiary alicyclic amines) is 1. The zero-order chi connectivity index (χ0) is 13.5. The minimum atomic E-state index is 0.636. The van der Waals surface area contributed by atoms with Crippen molar-refractivity contribution in [1.82, 2.24) is 10.2 Å². The highest BCUT2D eigenvalue weighted by molar-refractivity contribution is 7.19. The molecule has 20 heavy (non-hydrogen) atoms. The van der Waals surface area contributed by atoms with Crippen molar-refractivity contribution in [3.63, 3.8) is 0 Å². The van der Waals surface area contributed by atoms with Gasteiger partial charge in [0.05, 0.1) is 5.02 Å². The van der Waals surface area contributed by atoms with Gasteiger partial charge in [0, 0.05) is 46.7 Å². The lowest BCUT2D eigenvalue weighted by Crippen LogP contribution is -2.32. The van der Waals surface area contributed by atoms with Crippen LogP contribution >= 0.6 is 22.9 Å². The Morgan fingerprint density at radius 1 is 1.25 bits per heavy atom. The summed E-state index contributed by atoms with van der Waals surface area (Å²) in [7, 11) is 0. The zero-order valence-corrected chi connectivity index (χ0v) is 13.0. The summed E-state index contributed by atoms with van der Waals surface area (Å²) < 4.78 is 1.29. The minimum absolute atomic E-state index is 0.636. The summed E-state index contributed by atoms with van der Waals surface area (Å²) >= 11 is 8.31. The van der Waals surface area contributed by atoms with Crippen molar-refractivity contribution >= 4 is 33.0 Å². The summed E-state index contributed by atoms with van der Waals surface area (Å²) in [5.74, 6) is 0. The number of halogens is 1. The monoisotopic (exact) mass is 306 g/mol.